The van der Waals surface area contributed by atoms with Gasteiger partial charge in [0, 0.05) is 22.1 Å². The fourth-order valence-corrected chi connectivity index (χ4v) is 2.23. The van der Waals surface area contributed by atoms with Crippen LogP contribution >= 0.6 is 11.6 Å². The van der Waals surface area contributed by atoms with E-state index in [4.69, 9.17) is 11.6 Å². The summed E-state index contributed by atoms with van der Waals surface area (Å²) in [4.78, 5) is 16.3. The highest BCUT2D eigenvalue weighted by atomic mass is 35.5. The van der Waals surface area contributed by atoms with E-state index in [-0.39, 0.29) is 12.1 Å². The molecule has 0 fully saturated rings. The third-order valence-electron chi connectivity index (χ3n) is 3.06. The lowest BCUT2D eigenvalue weighted by Crippen LogP contribution is -2.31. The smallest absolute Gasteiger partial charge is 0.319 e. The lowest BCUT2D eigenvalue weighted by Gasteiger charge is -2.15. The Balaban J connectivity index is 1.99. The largest absolute Gasteiger partial charge is 0.331 e. The van der Waals surface area contributed by atoms with Crippen molar-refractivity contribution in [2.75, 3.05) is 5.32 Å². The zero-order valence-electron chi connectivity index (χ0n) is 12.3. The van der Waals surface area contributed by atoms with E-state index >= 15 is 0 Å². The minimum Gasteiger partial charge on any atom is -0.331 e. The highest BCUT2D eigenvalue weighted by Crippen LogP contribution is 2.16. The first-order valence-electron chi connectivity index (χ1n) is 6.72. The topological polar surface area (TPSA) is 54.0 Å². The van der Waals surface area contributed by atoms with Crippen molar-refractivity contribution in [2.24, 2.45) is 0 Å². The molecule has 5 heteroatoms. The number of nitrogens with zero attached hydrogens (tertiary/aromatic N) is 1. The van der Waals surface area contributed by atoms with Gasteiger partial charge in [-0.15, -0.1) is 0 Å². The van der Waals surface area contributed by atoms with Crippen LogP contribution in [0, 0.1) is 13.8 Å². The van der Waals surface area contributed by atoms with Crippen LogP contribution in [0.1, 0.15) is 29.9 Å². The van der Waals surface area contributed by atoms with Crippen molar-refractivity contribution in [3.63, 3.8) is 0 Å². The van der Waals surface area contributed by atoms with Crippen molar-refractivity contribution in [3.05, 3.63) is 58.4 Å². The van der Waals surface area contributed by atoms with E-state index in [2.05, 4.69) is 15.6 Å². The molecule has 0 bridgehead atoms. The number of halogens is 1. The summed E-state index contributed by atoms with van der Waals surface area (Å²) in [6, 6.07) is 10.7. The third-order valence-corrected chi connectivity index (χ3v) is 3.31. The maximum atomic E-state index is 12.0. The van der Waals surface area contributed by atoms with Gasteiger partial charge in [-0.1, -0.05) is 23.7 Å². The van der Waals surface area contributed by atoms with Crippen molar-refractivity contribution in [3.8, 4) is 0 Å². The predicted molar refractivity (Wildman–Crippen MR) is 85.7 cm³/mol. The van der Waals surface area contributed by atoms with Crippen molar-refractivity contribution >= 4 is 23.3 Å². The van der Waals surface area contributed by atoms with Crippen LogP contribution in [0.4, 0.5) is 10.5 Å². The monoisotopic (exact) mass is 303 g/mol. The molecule has 0 saturated heterocycles. The zero-order valence-corrected chi connectivity index (χ0v) is 13.0. The molecule has 2 rings (SSSR count). The average Bonchev–Trinajstić information content (AvgIpc) is 2.37. The van der Waals surface area contributed by atoms with Gasteiger partial charge >= 0.3 is 6.03 Å². The number of amides is 2. The van der Waals surface area contributed by atoms with Crippen LogP contribution in [0.15, 0.2) is 36.4 Å². The molecule has 1 aromatic carbocycles. The number of hydrogen-bond donors (Lipinski definition) is 2. The van der Waals surface area contributed by atoms with Gasteiger partial charge in [-0.2, -0.15) is 0 Å². The Morgan fingerprint density at radius 3 is 2.29 bits per heavy atom. The Morgan fingerprint density at radius 2 is 1.71 bits per heavy atom. The van der Waals surface area contributed by atoms with Gasteiger partial charge in [0.1, 0.15) is 0 Å². The van der Waals surface area contributed by atoms with E-state index in [0.717, 1.165) is 22.6 Å². The summed E-state index contributed by atoms with van der Waals surface area (Å²) in [6.45, 7) is 5.71. The van der Waals surface area contributed by atoms with Gasteiger partial charge in [-0.3, -0.25) is 4.98 Å². The summed E-state index contributed by atoms with van der Waals surface area (Å²) in [5.41, 5.74) is 3.48. The lowest BCUT2D eigenvalue weighted by molar-refractivity contribution is 0.249. The second kappa shape index (κ2) is 6.59. The SMILES string of the molecule is Cc1cc(NC(=O)N[C@@H](C)c2ccc(Cl)cc2)cc(C)n1. The molecule has 0 saturated carbocycles. The molecule has 110 valence electrons. The summed E-state index contributed by atoms with van der Waals surface area (Å²) in [5, 5.41) is 6.39. The minimum atomic E-state index is -0.248. The number of anilines is 1. The molecule has 0 aliphatic heterocycles. The molecule has 0 unspecified atom stereocenters. The number of carbonyl (C=O) groups excluding carboxylic acids is 1. The summed E-state index contributed by atoms with van der Waals surface area (Å²) in [7, 11) is 0. The number of pyridine rings is 1. The molecular weight excluding hydrogens is 286 g/mol. The molecule has 2 aromatic rings. The van der Waals surface area contributed by atoms with Gasteiger partial charge in [0.2, 0.25) is 0 Å². The summed E-state index contributed by atoms with van der Waals surface area (Å²) >= 11 is 5.85. The molecule has 2 amide bonds. The van der Waals surface area contributed by atoms with Crippen LogP contribution in [0.2, 0.25) is 5.02 Å². The predicted octanol–water partition coefficient (Wildman–Crippen LogP) is 4.23. The number of nitrogens with one attached hydrogen (secondary N) is 2. The van der Waals surface area contributed by atoms with Crippen molar-refractivity contribution in [2.45, 2.75) is 26.8 Å². The van der Waals surface area contributed by atoms with Gasteiger partial charge in [0.05, 0.1) is 6.04 Å². The number of hydrogen-bond acceptors (Lipinski definition) is 2. The first kappa shape index (κ1) is 15.3. The molecule has 1 heterocycles. The molecule has 0 radical (unpaired) electrons. The molecule has 1 aromatic heterocycles. The standard InChI is InChI=1S/C16H18ClN3O/c1-10-8-15(9-11(2)18-10)20-16(21)19-12(3)13-4-6-14(17)7-5-13/h4-9,12H,1-3H3,(H2,18,19,20,21)/t12-/m0/s1. The number of urea groups is 1. The Kier molecular flexibility index (Phi) is 4.81. The van der Waals surface area contributed by atoms with E-state index in [0.29, 0.717) is 5.02 Å². The number of aromatic nitrogens is 1. The Hall–Kier alpha value is -2.07. The number of carbonyl (C=O) groups is 1. The van der Waals surface area contributed by atoms with Crippen LogP contribution in [0.25, 0.3) is 0 Å². The van der Waals surface area contributed by atoms with Crippen LogP contribution in [-0.4, -0.2) is 11.0 Å². The van der Waals surface area contributed by atoms with Crippen LogP contribution < -0.4 is 10.6 Å². The van der Waals surface area contributed by atoms with E-state index in [1.165, 1.54) is 0 Å². The third kappa shape index (κ3) is 4.46. The fourth-order valence-electron chi connectivity index (χ4n) is 2.11. The highest BCUT2D eigenvalue weighted by molar-refractivity contribution is 6.30. The second-order valence-electron chi connectivity index (χ2n) is 5.01. The molecule has 4 nitrogen and oxygen atoms in total. The molecular formula is C16H18ClN3O. The van der Waals surface area contributed by atoms with Gasteiger partial charge < -0.3 is 10.6 Å². The molecule has 0 aliphatic carbocycles. The van der Waals surface area contributed by atoms with E-state index in [1.807, 2.05) is 57.2 Å². The molecule has 2 N–H and O–H groups in total. The summed E-state index contributed by atoms with van der Waals surface area (Å²) in [5.74, 6) is 0. The Morgan fingerprint density at radius 1 is 1.14 bits per heavy atom. The maximum Gasteiger partial charge on any atom is 0.319 e. The van der Waals surface area contributed by atoms with Gasteiger partial charge in [-0.05, 0) is 50.6 Å². The quantitative estimate of drug-likeness (QED) is 0.891. The van der Waals surface area contributed by atoms with Crippen LogP contribution in [0.5, 0.6) is 0 Å². The van der Waals surface area contributed by atoms with Crippen LogP contribution in [0.3, 0.4) is 0 Å². The molecule has 0 spiro atoms. The Bertz CT molecular complexity index is 620. The fraction of sp³-hybridized carbons (Fsp3) is 0.250. The summed E-state index contributed by atoms with van der Waals surface area (Å²) in [6.07, 6.45) is 0. The molecule has 0 aliphatic rings. The number of aryl methyl sites for hydroxylation is 2. The van der Waals surface area contributed by atoms with Gasteiger partial charge in [0.25, 0.3) is 0 Å². The van der Waals surface area contributed by atoms with Crippen molar-refractivity contribution < 1.29 is 4.79 Å². The second-order valence-corrected chi connectivity index (χ2v) is 5.45. The first-order valence-corrected chi connectivity index (χ1v) is 7.10. The van der Waals surface area contributed by atoms with Gasteiger partial charge in [-0.25, -0.2) is 4.79 Å². The normalized spacial score (nSPS) is 11.8. The summed E-state index contributed by atoms with van der Waals surface area (Å²) < 4.78 is 0. The number of benzene rings is 1. The van der Waals surface area contributed by atoms with Crippen molar-refractivity contribution in [1.29, 1.82) is 0 Å². The average molecular weight is 304 g/mol. The molecule has 21 heavy (non-hydrogen) atoms. The lowest BCUT2D eigenvalue weighted by atomic mass is 10.1. The first-order chi connectivity index (χ1) is 9.94. The highest BCUT2D eigenvalue weighted by Gasteiger charge is 2.10. The van der Waals surface area contributed by atoms with E-state index < -0.39 is 0 Å². The maximum absolute atomic E-state index is 12.0. The van der Waals surface area contributed by atoms with E-state index in [9.17, 15) is 4.79 Å². The van der Waals surface area contributed by atoms with Gasteiger partial charge in [0.15, 0.2) is 0 Å². The van der Waals surface area contributed by atoms with Crippen molar-refractivity contribution in [1.82, 2.24) is 10.3 Å². The van der Waals surface area contributed by atoms with Crippen LogP contribution in [-0.2, 0) is 0 Å². The Labute approximate surface area is 129 Å². The minimum absolute atomic E-state index is 0.105. The zero-order chi connectivity index (χ0) is 15.4. The molecule has 1 atom stereocenters. The van der Waals surface area contributed by atoms with E-state index in [1.54, 1.807) is 0 Å². The number of rotatable bonds is 3.